The minimum Gasteiger partial charge on any atom is -0.468 e. The molecule has 1 heterocycles. The first-order chi connectivity index (χ1) is 13.4. The SMILES string of the molecule is CCCCCc1ccc(-c2cc3ccc(OCO)cc3o2)c(OC(F)(F)F)c1. The number of furan rings is 1. The monoisotopic (exact) mass is 394 g/mol. The first kappa shape index (κ1) is 20.1. The minimum absolute atomic E-state index is 0.220. The molecule has 28 heavy (non-hydrogen) atoms. The third-order valence-electron chi connectivity index (χ3n) is 4.33. The van der Waals surface area contributed by atoms with E-state index in [0.29, 0.717) is 23.1 Å². The number of aliphatic hydroxyl groups is 1. The van der Waals surface area contributed by atoms with Crippen LogP contribution < -0.4 is 9.47 Å². The summed E-state index contributed by atoms with van der Waals surface area (Å²) in [6, 6.07) is 11.4. The average Bonchev–Trinajstić information content (AvgIpc) is 3.04. The molecular formula is C21H21F3O4. The predicted octanol–water partition coefficient (Wildman–Crippen LogP) is 6.06. The topological polar surface area (TPSA) is 51.8 Å². The maximum atomic E-state index is 12.9. The lowest BCUT2D eigenvalue weighted by molar-refractivity contribution is -0.274. The van der Waals surface area contributed by atoms with Gasteiger partial charge in [-0.15, -0.1) is 13.2 Å². The molecule has 0 aliphatic heterocycles. The summed E-state index contributed by atoms with van der Waals surface area (Å²) in [5, 5.41) is 9.55. The van der Waals surface area contributed by atoms with Gasteiger partial charge in [0, 0.05) is 11.5 Å². The van der Waals surface area contributed by atoms with Crippen LogP contribution in [-0.4, -0.2) is 18.3 Å². The molecule has 0 aliphatic rings. The lowest BCUT2D eigenvalue weighted by Gasteiger charge is -2.13. The van der Waals surface area contributed by atoms with Gasteiger partial charge in [-0.1, -0.05) is 25.8 Å². The molecule has 4 nitrogen and oxygen atoms in total. The highest BCUT2D eigenvalue weighted by atomic mass is 19.4. The van der Waals surface area contributed by atoms with E-state index in [4.69, 9.17) is 14.3 Å². The first-order valence-corrected chi connectivity index (χ1v) is 9.06. The second-order valence-electron chi connectivity index (χ2n) is 6.42. The van der Waals surface area contributed by atoms with E-state index in [2.05, 4.69) is 11.7 Å². The Morgan fingerprint density at radius 1 is 1.04 bits per heavy atom. The third kappa shape index (κ3) is 4.98. The van der Waals surface area contributed by atoms with Gasteiger partial charge in [0.2, 0.25) is 0 Å². The van der Waals surface area contributed by atoms with Crippen molar-refractivity contribution in [1.82, 2.24) is 0 Å². The highest BCUT2D eigenvalue weighted by Crippen LogP contribution is 2.38. The summed E-state index contributed by atoms with van der Waals surface area (Å²) in [6.45, 7) is 1.59. The van der Waals surface area contributed by atoms with Crippen molar-refractivity contribution >= 4 is 11.0 Å². The summed E-state index contributed by atoms with van der Waals surface area (Å²) in [6.07, 6.45) is -1.17. The number of unbranched alkanes of at least 4 members (excludes halogenated alkanes) is 2. The fourth-order valence-electron chi connectivity index (χ4n) is 3.02. The van der Waals surface area contributed by atoms with Gasteiger partial charge in [-0.25, -0.2) is 0 Å². The lowest BCUT2D eigenvalue weighted by atomic mass is 10.0. The van der Waals surface area contributed by atoms with Crippen LogP contribution in [0.2, 0.25) is 0 Å². The van der Waals surface area contributed by atoms with Gasteiger partial charge in [-0.05, 0) is 48.7 Å². The molecule has 0 fully saturated rings. The van der Waals surface area contributed by atoms with Gasteiger partial charge >= 0.3 is 6.36 Å². The van der Waals surface area contributed by atoms with Crippen molar-refractivity contribution in [2.24, 2.45) is 0 Å². The Hall–Kier alpha value is -2.67. The number of hydrogen-bond donors (Lipinski definition) is 1. The second-order valence-corrected chi connectivity index (χ2v) is 6.42. The van der Waals surface area contributed by atoms with E-state index in [1.807, 2.05) is 0 Å². The fourth-order valence-corrected chi connectivity index (χ4v) is 3.02. The number of fused-ring (bicyclic) bond motifs is 1. The zero-order chi connectivity index (χ0) is 20.1. The number of ether oxygens (including phenoxy) is 2. The molecule has 0 saturated heterocycles. The number of benzene rings is 2. The Labute approximate surface area is 160 Å². The fraction of sp³-hybridized carbons (Fsp3) is 0.333. The van der Waals surface area contributed by atoms with Crippen LogP contribution in [-0.2, 0) is 6.42 Å². The van der Waals surface area contributed by atoms with E-state index in [0.717, 1.165) is 24.8 Å². The van der Waals surface area contributed by atoms with E-state index < -0.39 is 13.2 Å². The van der Waals surface area contributed by atoms with Crippen LogP contribution in [0.1, 0.15) is 31.7 Å². The van der Waals surface area contributed by atoms with Gasteiger partial charge in [-0.2, -0.15) is 0 Å². The Kier molecular flexibility index (Phi) is 6.14. The lowest BCUT2D eigenvalue weighted by Crippen LogP contribution is -2.17. The number of halogens is 3. The van der Waals surface area contributed by atoms with Crippen molar-refractivity contribution in [3.8, 4) is 22.8 Å². The molecule has 0 saturated carbocycles. The Balaban J connectivity index is 1.97. The van der Waals surface area contributed by atoms with Crippen LogP contribution in [0.25, 0.3) is 22.3 Å². The number of rotatable bonds is 8. The second kappa shape index (κ2) is 8.56. The van der Waals surface area contributed by atoms with E-state index in [1.165, 1.54) is 6.07 Å². The van der Waals surface area contributed by atoms with E-state index in [-0.39, 0.29) is 17.1 Å². The third-order valence-corrected chi connectivity index (χ3v) is 4.33. The Morgan fingerprint density at radius 3 is 2.57 bits per heavy atom. The molecule has 0 spiro atoms. The van der Waals surface area contributed by atoms with Crippen molar-refractivity contribution in [2.45, 2.75) is 39.0 Å². The maximum absolute atomic E-state index is 12.9. The van der Waals surface area contributed by atoms with Crippen molar-refractivity contribution in [2.75, 3.05) is 6.79 Å². The Morgan fingerprint density at radius 2 is 1.86 bits per heavy atom. The maximum Gasteiger partial charge on any atom is 0.573 e. The first-order valence-electron chi connectivity index (χ1n) is 9.06. The van der Waals surface area contributed by atoms with E-state index in [9.17, 15) is 13.2 Å². The summed E-state index contributed by atoms with van der Waals surface area (Å²) in [5.74, 6) is 0.372. The zero-order valence-electron chi connectivity index (χ0n) is 15.4. The number of aliphatic hydroxyl groups excluding tert-OH is 1. The molecule has 0 unspecified atom stereocenters. The summed E-state index contributed by atoms with van der Waals surface area (Å²) in [4.78, 5) is 0. The summed E-state index contributed by atoms with van der Waals surface area (Å²) in [5.41, 5.74) is 1.44. The zero-order valence-corrected chi connectivity index (χ0v) is 15.4. The Bertz CT molecular complexity index is 931. The van der Waals surface area contributed by atoms with Gasteiger partial charge in [-0.3, -0.25) is 0 Å². The number of hydrogen-bond acceptors (Lipinski definition) is 4. The van der Waals surface area contributed by atoms with Crippen LogP contribution in [0.15, 0.2) is 46.9 Å². The van der Waals surface area contributed by atoms with E-state index >= 15 is 0 Å². The molecule has 0 atom stereocenters. The molecule has 1 N–H and O–H groups in total. The van der Waals surface area contributed by atoms with Crippen LogP contribution in [0, 0.1) is 0 Å². The van der Waals surface area contributed by atoms with Crippen molar-refractivity contribution in [1.29, 1.82) is 0 Å². The molecule has 0 bridgehead atoms. The predicted molar refractivity (Wildman–Crippen MR) is 99.3 cm³/mol. The normalized spacial score (nSPS) is 11.8. The molecule has 150 valence electrons. The van der Waals surface area contributed by atoms with E-state index in [1.54, 1.807) is 36.4 Å². The van der Waals surface area contributed by atoms with Crippen molar-refractivity contribution in [3.63, 3.8) is 0 Å². The van der Waals surface area contributed by atoms with Crippen LogP contribution in [0.4, 0.5) is 13.2 Å². The summed E-state index contributed by atoms with van der Waals surface area (Å²) >= 11 is 0. The highest BCUT2D eigenvalue weighted by molar-refractivity contribution is 5.85. The average molecular weight is 394 g/mol. The smallest absolute Gasteiger partial charge is 0.468 e. The largest absolute Gasteiger partial charge is 0.573 e. The molecular weight excluding hydrogens is 373 g/mol. The van der Waals surface area contributed by atoms with Crippen LogP contribution in [0.5, 0.6) is 11.5 Å². The standard InChI is InChI=1S/C21H21F3O4/c1-2-3-4-5-14-6-9-17(20(10-14)28-21(22,23)24)19-11-15-7-8-16(26-13-25)12-18(15)27-19/h6-12,25H,2-5,13H2,1H3. The molecule has 0 radical (unpaired) electrons. The quantitative estimate of drug-likeness (QED) is 0.373. The summed E-state index contributed by atoms with van der Waals surface area (Å²) < 4.78 is 53.8. The molecule has 3 aromatic rings. The number of aryl methyl sites for hydroxylation is 1. The van der Waals surface area contributed by atoms with Gasteiger partial charge in [0.15, 0.2) is 6.79 Å². The van der Waals surface area contributed by atoms with Gasteiger partial charge < -0.3 is 19.0 Å². The van der Waals surface area contributed by atoms with Crippen molar-refractivity contribution < 1.29 is 32.2 Å². The highest BCUT2D eigenvalue weighted by Gasteiger charge is 2.32. The molecule has 1 aromatic heterocycles. The minimum atomic E-state index is -4.80. The molecule has 0 amide bonds. The molecule has 0 aliphatic carbocycles. The van der Waals surface area contributed by atoms with Crippen molar-refractivity contribution in [3.05, 3.63) is 48.0 Å². The molecule has 7 heteroatoms. The molecule has 3 rings (SSSR count). The van der Waals surface area contributed by atoms with Gasteiger partial charge in [0.1, 0.15) is 22.8 Å². The summed E-state index contributed by atoms with van der Waals surface area (Å²) in [7, 11) is 0. The van der Waals surface area contributed by atoms with Crippen LogP contribution >= 0.6 is 0 Å². The van der Waals surface area contributed by atoms with Gasteiger partial charge in [0.25, 0.3) is 0 Å². The van der Waals surface area contributed by atoms with Gasteiger partial charge in [0.05, 0.1) is 5.56 Å². The molecule has 2 aromatic carbocycles. The number of alkyl halides is 3. The van der Waals surface area contributed by atoms with Crippen LogP contribution in [0.3, 0.4) is 0 Å².